The van der Waals surface area contributed by atoms with E-state index < -0.39 is 0 Å². The second-order valence-electron chi connectivity index (χ2n) is 10.6. The molecular weight excluding hydrogens is 516 g/mol. The molecule has 42 heavy (non-hydrogen) atoms. The summed E-state index contributed by atoms with van der Waals surface area (Å²) in [6, 6.07) is 40.2. The number of aromatic nitrogens is 4. The predicted molar refractivity (Wildman–Crippen MR) is 168 cm³/mol. The first kappa shape index (κ1) is 24.3. The molecular formula is C37H27N4O+. The molecule has 0 spiro atoms. The number of hydrogen-bond acceptors (Lipinski definition) is 3. The Labute approximate surface area is 243 Å². The van der Waals surface area contributed by atoms with E-state index in [4.69, 9.17) is 4.42 Å². The van der Waals surface area contributed by atoms with Crippen molar-refractivity contribution >= 4 is 33.0 Å². The lowest BCUT2D eigenvalue weighted by Gasteiger charge is -2.09. The van der Waals surface area contributed by atoms with Crippen molar-refractivity contribution in [1.29, 1.82) is 0 Å². The molecule has 0 aliphatic heterocycles. The van der Waals surface area contributed by atoms with Gasteiger partial charge in [-0.2, -0.15) is 4.57 Å². The van der Waals surface area contributed by atoms with E-state index in [0.29, 0.717) is 0 Å². The van der Waals surface area contributed by atoms with E-state index >= 15 is 0 Å². The molecule has 0 aliphatic rings. The van der Waals surface area contributed by atoms with Gasteiger partial charge in [-0.25, -0.2) is 14.5 Å². The van der Waals surface area contributed by atoms with Crippen LogP contribution in [0.25, 0.3) is 72.6 Å². The quantitative estimate of drug-likeness (QED) is 0.209. The first-order chi connectivity index (χ1) is 20.7. The molecule has 0 saturated carbocycles. The Hall–Kier alpha value is -5.55. The molecule has 0 fully saturated rings. The van der Waals surface area contributed by atoms with Gasteiger partial charge in [0, 0.05) is 28.7 Å². The van der Waals surface area contributed by atoms with Crippen molar-refractivity contribution in [1.82, 2.24) is 14.5 Å². The van der Waals surface area contributed by atoms with Crippen LogP contribution in [0, 0.1) is 6.92 Å². The minimum atomic E-state index is 0.731. The van der Waals surface area contributed by atoms with Crippen LogP contribution in [0.5, 0.6) is 0 Å². The summed E-state index contributed by atoms with van der Waals surface area (Å²) in [6.45, 7) is 2.16. The lowest BCUT2D eigenvalue weighted by molar-refractivity contribution is -0.633. The Bertz CT molecular complexity index is 2240. The fourth-order valence-corrected chi connectivity index (χ4v) is 6.08. The average molecular weight is 544 g/mol. The maximum absolute atomic E-state index is 6.54. The third-order valence-electron chi connectivity index (χ3n) is 8.16. The molecule has 0 saturated heterocycles. The molecule has 0 amide bonds. The van der Waals surface area contributed by atoms with Crippen molar-refractivity contribution in [3.63, 3.8) is 0 Å². The molecule has 0 N–H and O–H groups in total. The molecule has 200 valence electrons. The first-order valence-electron chi connectivity index (χ1n) is 14.1. The van der Waals surface area contributed by atoms with E-state index in [1.807, 2.05) is 18.2 Å². The van der Waals surface area contributed by atoms with Gasteiger partial charge in [0.05, 0.1) is 7.05 Å². The molecule has 3 heterocycles. The SMILES string of the molecule is Cc1ccc2c(oc3ccccc32)c1-c1n(-c2ccc(-c3ccc(-c4ncccn4)cc3)cc2)c2ccccc2[n+]1C. The molecule has 5 nitrogen and oxygen atoms in total. The van der Waals surface area contributed by atoms with Crippen LogP contribution in [-0.4, -0.2) is 14.5 Å². The van der Waals surface area contributed by atoms with Crippen molar-refractivity contribution in [2.45, 2.75) is 6.92 Å². The fraction of sp³-hybridized carbons (Fsp3) is 0.0541. The molecule has 0 atom stereocenters. The zero-order valence-corrected chi connectivity index (χ0v) is 23.3. The van der Waals surface area contributed by atoms with E-state index in [9.17, 15) is 0 Å². The summed E-state index contributed by atoms with van der Waals surface area (Å²) in [5.74, 6) is 1.81. The van der Waals surface area contributed by atoms with Gasteiger partial charge in [-0.1, -0.05) is 78.9 Å². The van der Waals surface area contributed by atoms with Crippen molar-refractivity contribution < 1.29 is 8.98 Å². The first-order valence-corrected chi connectivity index (χ1v) is 14.1. The third-order valence-corrected chi connectivity index (χ3v) is 8.16. The number of nitrogens with zero attached hydrogens (tertiary/aromatic N) is 4. The Morgan fingerprint density at radius 1 is 0.643 bits per heavy atom. The van der Waals surface area contributed by atoms with Crippen LogP contribution in [0.1, 0.15) is 5.56 Å². The van der Waals surface area contributed by atoms with Gasteiger partial charge in [-0.3, -0.25) is 0 Å². The minimum Gasteiger partial charge on any atom is -0.455 e. The van der Waals surface area contributed by atoms with E-state index in [0.717, 1.165) is 72.6 Å². The summed E-state index contributed by atoms with van der Waals surface area (Å²) in [7, 11) is 2.14. The highest BCUT2D eigenvalue weighted by Crippen LogP contribution is 2.39. The normalized spacial score (nSPS) is 11.6. The van der Waals surface area contributed by atoms with Gasteiger partial charge in [-0.05, 0) is 60.0 Å². The van der Waals surface area contributed by atoms with Crippen LogP contribution in [0.15, 0.2) is 132 Å². The second-order valence-corrected chi connectivity index (χ2v) is 10.6. The predicted octanol–water partition coefficient (Wildman–Crippen LogP) is 8.45. The van der Waals surface area contributed by atoms with Gasteiger partial charge in [0.1, 0.15) is 16.8 Å². The van der Waals surface area contributed by atoms with Gasteiger partial charge in [0.25, 0.3) is 5.82 Å². The van der Waals surface area contributed by atoms with E-state index in [2.05, 4.69) is 130 Å². The van der Waals surface area contributed by atoms with E-state index in [1.54, 1.807) is 12.4 Å². The number of aryl methyl sites for hydroxylation is 2. The number of benzene rings is 5. The lowest BCUT2D eigenvalue weighted by Crippen LogP contribution is -2.30. The van der Waals surface area contributed by atoms with E-state index in [1.165, 1.54) is 5.56 Å². The van der Waals surface area contributed by atoms with E-state index in [-0.39, 0.29) is 0 Å². The molecule has 5 aromatic carbocycles. The van der Waals surface area contributed by atoms with Crippen molar-refractivity contribution in [3.8, 4) is 39.6 Å². The van der Waals surface area contributed by atoms with Gasteiger partial charge >= 0.3 is 0 Å². The number of para-hydroxylation sites is 3. The smallest absolute Gasteiger partial charge is 0.298 e. The summed E-state index contributed by atoms with van der Waals surface area (Å²) in [5, 5.41) is 2.26. The molecule has 0 radical (unpaired) electrons. The molecule has 0 bridgehead atoms. The van der Waals surface area contributed by atoms with Crippen LogP contribution in [0.2, 0.25) is 0 Å². The number of fused-ring (bicyclic) bond motifs is 4. The average Bonchev–Trinajstić information content (AvgIpc) is 3.57. The Morgan fingerprint density at radius 3 is 2.10 bits per heavy atom. The maximum atomic E-state index is 6.54. The molecule has 0 aliphatic carbocycles. The number of furan rings is 1. The van der Waals surface area contributed by atoms with Crippen LogP contribution < -0.4 is 4.57 Å². The number of hydrogen-bond donors (Lipinski definition) is 0. The highest BCUT2D eigenvalue weighted by atomic mass is 16.3. The summed E-state index contributed by atoms with van der Waals surface area (Å²) in [6.07, 6.45) is 3.54. The standard InChI is InChI=1S/C37H27N4O/c1-24-12-21-30-29-8-3-6-11-33(29)42-35(30)34(24)37-40(2)31-9-4-5-10-32(31)41(37)28-19-17-26(18-20-28)25-13-15-27(16-14-25)36-38-22-7-23-39-36/h3-23H,1-2H3/q+1. The Balaban J connectivity index is 1.29. The Kier molecular flexibility index (Phi) is 5.50. The highest BCUT2D eigenvalue weighted by Gasteiger charge is 2.30. The zero-order chi connectivity index (χ0) is 28.2. The molecule has 8 rings (SSSR count). The van der Waals surface area contributed by atoms with Crippen LogP contribution in [0.3, 0.4) is 0 Å². The summed E-state index contributed by atoms with van der Waals surface area (Å²) in [5.41, 5.74) is 10.8. The van der Waals surface area contributed by atoms with Crippen molar-refractivity contribution in [3.05, 3.63) is 133 Å². The minimum absolute atomic E-state index is 0.731. The van der Waals surface area contributed by atoms with Gasteiger partial charge in [0.2, 0.25) is 0 Å². The summed E-state index contributed by atoms with van der Waals surface area (Å²) < 4.78 is 11.2. The van der Waals surface area contributed by atoms with Crippen LogP contribution in [-0.2, 0) is 7.05 Å². The topological polar surface area (TPSA) is 47.7 Å². The summed E-state index contributed by atoms with van der Waals surface area (Å²) >= 11 is 0. The lowest BCUT2D eigenvalue weighted by atomic mass is 10.0. The van der Waals surface area contributed by atoms with Crippen molar-refractivity contribution in [2.24, 2.45) is 7.05 Å². The van der Waals surface area contributed by atoms with Gasteiger partial charge in [-0.15, -0.1) is 0 Å². The van der Waals surface area contributed by atoms with Crippen molar-refractivity contribution in [2.75, 3.05) is 0 Å². The molecule has 0 unspecified atom stereocenters. The van der Waals surface area contributed by atoms with Crippen LogP contribution >= 0.6 is 0 Å². The third kappa shape index (κ3) is 3.75. The highest BCUT2D eigenvalue weighted by molar-refractivity contribution is 6.09. The monoisotopic (exact) mass is 543 g/mol. The maximum Gasteiger partial charge on any atom is 0.298 e. The number of imidazole rings is 1. The van der Waals surface area contributed by atoms with Gasteiger partial charge in [0.15, 0.2) is 22.4 Å². The zero-order valence-electron chi connectivity index (χ0n) is 23.3. The second kappa shape index (κ2) is 9.53. The number of rotatable bonds is 4. The largest absolute Gasteiger partial charge is 0.455 e. The fourth-order valence-electron chi connectivity index (χ4n) is 6.08. The molecule has 8 aromatic rings. The van der Waals surface area contributed by atoms with Crippen LogP contribution in [0.4, 0.5) is 0 Å². The van der Waals surface area contributed by atoms with Gasteiger partial charge < -0.3 is 4.42 Å². The molecule has 5 heteroatoms. The summed E-state index contributed by atoms with van der Waals surface area (Å²) in [4.78, 5) is 8.74. The molecule has 3 aromatic heterocycles. The Morgan fingerprint density at radius 2 is 1.31 bits per heavy atom.